The lowest BCUT2D eigenvalue weighted by Gasteiger charge is -2.49. The SMILES string of the molecule is CC(=O)O[C@@H]1[C@H](OC/C2=C/[C@@H]3[C@@H](C(C)C)CC=C(C)[C@@H]3C[C@H](O)[C@@](C)(O)C#CC2=O)OC[C@@H](O[Si](C)(C)C(C)(C)C)[C@H]1O[Si](C)(C)C(C)(C)C. The van der Waals surface area contributed by atoms with Crippen molar-refractivity contribution >= 4 is 28.4 Å². The zero-order chi connectivity index (χ0) is 38.2. The summed E-state index contributed by atoms with van der Waals surface area (Å²) in [6.45, 7) is 30.8. The number of ketones is 1. The van der Waals surface area contributed by atoms with Gasteiger partial charge in [0.05, 0.1) is 25.4 Å². The van der Waals surface area contributed by atoms with Crippen molar-refractivity contribution in [1.82, 2.24) is 0 Å². The van der Waals surface area contributed by atoms with Gasteiger partial charge in [-0.3, -0.25) is 9.59 Å². The van der Waals surface area contributed by atoms with Gasteiger partial charge >= 0.3 is 5.97 Å². The zero-order valence-corrected chi connectivity index (χ0v) is 35.4. The standard InChI is InChI=1S/C39H66O9Si2/c1-24(2)28-17-16-25(3)29-21-33(42)39(11,43)19-18-31(41)27(20-30(28)29)22-44-36-35(46-26(4)40)34(48-50(14,15)38(8,9)10)32(23-45-36)47-49(12,13)37(5,6)7/h16,20,24,28-30,32-36,42-43H,17,21-23H2,1-15H3/b27-20-/t28-,29+,30-,32-,33+,34-,35+,36-,39+/m1/s1. The van der Waals surface area contributed by atoms with E-state index >= 15 is 0 Å². The number of hydrogen-bond donors (Lipinski definition) is 2. The molecule has 0 aromatic heterocycles. The fraction of sp³-hybridized carbons (Fsp3) is 0.795. The molecule has 0 bridgehead atoms. The Hall–Kier alpha value is -1.63. The average Bonchev–Trinajstić information content (AvgIpc) is 2.95. The van der Waals surface area contributed by atoms with Crippen molar-refractivity contribution in [3.8, 4) is 11.8 Å². The second-order valence-electron chi connectivity index (χ2n) is 18.3. The summed E-state index contributed by atoms with van der Waals surface area (Å²) in [7, 11) is -4.74. The van der Waals surface area contributed by atoms with Crippen LogP contribution in [0, 0.1) is 35.5 Å². The molecule has 3 rings (SSSR count). The van der Waals surface area contributed by atoms with E-state index in [-0.39, 0.29) is 41.0 Å². The highest BCUT2D eigenvalue weighted by Crippen LogP contribution is 2.45. The number of Topliss-reactive ketones (excluding diaryl/α,β-unsaturated/α-hetero) is 1. The molecule has 284 valence electrons. The number of esters is 1. The Morgan fingerprint density at radius 1 is 1.06 bits per heavy atom. The van der Waals surface area contributed by atoms with Crippen LogP contribution in [-0.2, 0) is 32.7 Å². The van der Waals surface area contributed by atoms with Gasteiger partial charge in [0.1, 0.15) is 11.7 Å². The topological polar surface area (TPSA) is 121 Å². The molecule has 0 aromatic rings. The van der Waals surface area contributed by atoms with Crippen molar-refractivity contribution in [3.05, 3.63) is 23.3 Å². The van der Waals surface area contributed by atoms with E-state index in [2.05, 4.69) is 99.5 Å². The van der Waals surface area contributed by atoms with Crippen LogP contribution >= 0.6 is 0 Å². The molecule has 2 N–H and O–H groups in total. The minimum atomic E-state index is -2.43. The number of aliphatic hydroxyl groups excluding tert-OH is 1. The van der Waals surface area contributed by atoms with Crippen LogP contribution in [-0.4, -0.2) is 88.1 Å². The molecule has 0 radical (unpaired) electrons. The molecular weight excluding hydrogens is 669 g/mol. The summed E-state index contributed by atoms with van der Waals surface area (Å²) in [5, 5.41) is 21.9. The highest BCUT2D eigenvalue weighted by molar-refractivity contribution is 6.74. The molecule has 0 unspecified atom stereocenters. The van der Waals surface area contributed by atoms with Gasteiger partial charge in [0.15, 0.2) is 29.0 Å². The van der Waals surface area contributed by atoms with E-state index in [0.29, 0.717) is 17.9 Å². The molecule has 9 nitrogen and oxygen atoms in total. The van der Waals surface area contributed by atoms with Crippen LogP contribution < -0.4 is 0 Å². The van der Waals surface area contributed by atoms with Crippen LogP contribution in [0.5, 0.6) is 0 Å². The number of ether oxygens (including phenoxy) is 3. The molecule has 0 saturated carbocycles. The maximum atomic E-state index is 13.8. The minimum Gasteiger partial charge on any atom is -0.454 e. The number of carbonyl (C=O) groups is 2. The van der Waals surface area contributed by atoms with Gasteiger partial charge in [-0.2, -0.15) is 0 Å². The lowest BCUT2D eigenvalue weighted by atomic mass is 9.65. The third-order valence-corrected chi connectivity index (χ3v) is 20.9. The summed E-state index contributed by atoms with van der Waals surface area (Å²) < 4.78 is 32.7. The first-order valence-electron chi connectivity index (χ1n) is 18.3. The smallest absolute Gasteiger partial charge is 0.303 e. The van der Waals surface area contributed by atoms with Gasteiger partial charge in [0.2, 0.25) is 5.78 Å². The Kier molecular flexibility index (Phi) is 13.5. The molecule has 3 aliphatic rings. The second kappa shape index (κ2) is 15.8. The first-order valence-corrected chi connectivity index (χ1v) is 24.1. The lowest BCUT2D eigenvalue weighted by molar-refractivity contribution is -0.268. The largest absolute Gasteiger partial charge is 0.454 e. The first kappa shape index (κ1) is 42.8. The van der Waals surface area contributed by atoms with Gasteiger partial charge in [-0.15, -0.1) is 0 Å². The van der Waals surface area contributed by atoms with E-state index in [9.17, 15) is 19.8 Å². The molecule has 1 heterocycles. The van der Waals surface area contributed by atoms with Crippen LogP contribution in [0.3, 0.4) is 0 Å². The fourth-order valence-electron chi connectivity index (χ4n) is 6.46. The van der Waals surface area contributed by atoms with Crippen LogP contribution in [0.4, 0.5) is 0 Å². The maximum Gasteiger partial charge on any atom is 0.303 e. The molecule has 1 saturated heterocycles. The van der Waals surface area contributed by atoms with Gasteiger partial charge in [-0.1, -0.05) is 79.0 Å². The van der Waals surface area contributed by atoms with Gasteiger partial charge in [-0.05, 0) is 92.5 Å². The van der Waals surface area contributed by atoms with Crippen LogP contribution in [0.15, 0.2) is 23.3 Å². The molecule has 1 fully saturated rings. The zero-order valence-electron chi connectivity index (χ0n) is 33.4. The summed E-state index contributed by atoms with van der Waals surface area (Å²) >= 11 is 0. The number of fused-ring (bicyclic) bond motifs is 1. The summed E-state index contributed by atoms with van der Waals surface area (Å²) in [5.41, 5.74) is -0.315. The maximum absolute atomic E-state index is 13.8. The molecule has 11 heteroatoms. The second-order valence-corrected chi connectivity index (χ2v) is 27.8. The Bertz CT molecular complexity index is 1360. The molecule has 1 aliphatic heterocycles. The number of allylic oxidation sites excluding steroid dienone is 3. The molecule has 0 spiro atoms. The van der Waals surface area contributed by atoms with Crippen molar-refractivity contribution in [1.29, 1.82) is 0 Å². The fourth-order valence-corrected chi connectivity index (χ4v) is 9.09. The van der Waals surface area contributed by atoms with Crippen LogP contribution in [0.2, 0.25) is 36.3 Å². The highest BCUT2D eigenvalue weighted by Gasteiger charge is 2.52. The molecular formula is C39H66O9Si2. The van der Waals surface area contributed by atoms with E-state index < -0.39 is 64.7 Å². The molecule has 2 aliphatic carbocycles. The van der Waals surface area contributed by atoms with Gasteiger partial charge in [-0.25, -0.2) is 0 Å². The quantitative estimate of drug-likeness (QED) is 0.0854. The van der Waals surface area contributed by atoms with E-state index in [4.69, 9.17) is 23.1 Å². The normalized spacial score (nSPS) is 34.2. The van der Waals surface area contributed by atoms with E-state index in [0.717, 1.165) is 12.0 Å². The molecule has 0 amide bonds. The minimum absolute atomic E-state index is 0.0818. The summed E-state index contributed by atoms with van der Waals surface area (Å²) in [5.74, 6) is 4.51. The number of carbonyl (C=O) groups excluding carboxylic acids is 2. The van der Waals surface area contributed by atoms with E-state index in [1.165, 1.54) is 13.8 Å². The van der Waals surface area contributed by atoms with E-state index in [1.807, 2.05) is 13.0 Å². The third kappa shape index (κ3) is 10.1. The molecule has 50 heavy (non-hydrogen) atoms. The van der Waals surface area contributed by atoms with Crippen molar-refractivity contribution in [3.63, 3.8) is 0 Å². The number of aliphatic hydroxyl groups is 2. The Morgan fingerprint density at radius 2 is 1.64 bits per heavy atom. The molecule has 9 atom stereocenters. The predicted octanol–water partition coefficient (Wildman–Crippen LogP) is 6.94. The van der Waals surface area contributed by atoms with Gasteiger partial charge < -0.3 is 33.3 Å². The summed E-state index contributed by atoms with van der Waals surface area (Å²) in [6.07, 6.45) is 1.01. The van der Waals surface area contributed by atoms with Crippen LogP contribution in [0.25, 0.3) is 0 Å². The van der Waals surface area contributed by atoms with Crippen molar-refractivity contribution < 1.29 is 42.9 Å². The lowest BCUT2D eigenvalue weighted by Crippen LogP contribution is -2.63. The highest BCUT2D eigenvalue weighted by atomic mass is 28.4. The summed E-state index contributed by atoms with van der Waals surface area (Å²) in [4.78, 5) is 26.4. The molecule has 0 aromatic carbocycles. The Labute approximate surface area is 304 Å². The Balaban J connectivity index is 2.07. The van der Waals surface area contributed by atoms with E-state index in [1.54, 1.807) is 0 Å². The van der Waals surface area contributed by atoms with Gasteiger partial charge in [0, 0.05) is 12.5 Å². The van der Waals surface area contributed by atoms with Crippen molar-refractivity contribution in [2.75, 3.05) is 13.2 Å². The number of rotatable bonds is 9. The predicted molar refractivity (Wildman–Crippen MR) is 201 cm³/mol. The monoisotopic (exact) mass is 734 g/mol. The van der Waals surface area contributed by atoms with Crippen molar-refractivity contribution in [2.24, 2.45) is 23.7 Å². The average molecular weight is 735 g/mol. The van der Waals surface area contributed by atoms with Crippen LogP contribution in [0.1, 0.15) is 89.0 Å². The third-order valence-electron chi connectivity index (χ3n) is 11.9. The van der Waals surface area contributed by atoms with Gasteiger partial charge in [0.25, 0.3) is 0 Å². The van der Waals surface area contributed by atoms with Crippen molar-refractivity contribution in [2.45, 2.75) is 162 Å². The Morgan fingerprint density at radius 3 is 2.18 bits per heavy atom. The number of hydrogen-bond acceptors (Lipinski definition) is 9. The first-order chi connectivity index (χ1) is 22.7. The summed E-state index contributed by atoms with van der Waals surface area (Å²) in [6, 6.07) is 0.